The molecule has 2 rings (SSSR count). The molecule has 4 heteroatoms. The first kappa shape index (κ1) is 13.3. The van der Waals surface area contributed by atoms with E-state index in [0.29, 0.717) is 5.75 Å². The summed E-state index contributed by atoms with van der Waals surface area (Å²) in [6.45, 7) is 7.49. The largest absolute Gasteiger partial charge is 0.425 e. The zero-order valence-corrected chi connectivity index (χ0v) is 11.7. The Labute approximate surface area is 112 Å². The summed E-state index contributed by atoms with van der Waals surface area (Å²) in [6, 6.07) is 5.71. The van der Waals surface area contributed by atoms with Crippen molar-refractivity contribution >= 4 is 5.97 Å². The lowest BCUT2D eigenvalue weighted by molar-refractivity contribution is -0.142. The number of benzene rings is 1. The minimum Gasteiger partial charge on any atom is -0.425 e. The molecule has 4 nitrogen and oxygen atoms in total. The molecule has 0 aliphatic rings. The van der Waals surface area contributed by atoms with Gasteiger partial charge in [0.05, 0.1) is 23.6 Å². The highest BCUT2D eigenvalue weighted by molar-refractivity contribution is 5.80. The van der Waals surface area contributed by atoms with Gasteiger partial charge in [0.15, 0.2) is 0 Å². The van der Waals surface area contributed by atoms with Crippen LogP contribution in [0.1, 0.15) is 26.3 Å². The number of aromatic nitrogens is 2. The molecule has 0 bridgehead atoms. The third-order valence-electron chi connectivity index (χ3n) is 2.74. The topological polar surface area (TPSA) is 55.0 Å². The number of aromatic amines is 1. The number of esters is 1. The fourth-order valence-electron chi connectivity index (χ4n) is 1.60. The van der Waals surface area contributed by atoms with Crippen molar-refractivity contribution in [2.24, 2.45) is 5.41 Å². The second-order valence-corrected chi connectivity index (χ2v) is 5.60. The third-order valence-corrected chi connectivity index (χ3v) is 2.74. The summed E-state index contributed by atoms with van der Waals surface area (Å²) in [5.74, 6) is 0.298. The normalized spacial score (nSPS) is 11.4. The van der Waals surface area contributed by atoms with Crippen LogP contribution in [0.5, 0.6) is 5.75 Å². The molecule has 0 spiro atoms. The summed E-state index contributed by atoms with van der Waals surface area (Å²) < 4.78 is 5.50. The Bertz CT molecular complexity index is 581. The quantitative estimate of drug-likeness (QED) is 0.664. The van der Waals surface area contributed by atoms with Crippen LogP contribution in [0.3, 0.4) is 0 Å². The Balaban J connectivity index is 2.39. The fourth-order valence-corrected chi connectivity index (χ4v) is 1.60. The zero-order chi connectivity index (χ0) is 14.0. The molecule has 0 saturated heterocycles. The van der Waals surface area contributed by atoms with Crippen LogP contribution in [-0.4, -0.2) is 15.9 Å². The molecule has 1 aromatic heterocycles. The van der Waals surface area contributed by atoms with E-state index < -0.39 is 5.41 Å². The predicted octanol–water partition coefficient (Wildman–Crippen LogP) is 3.34. The first-order chi connectivity index (χ1) is 8.88. The van der Waals surface area contributed by atoms with Crippen molar-refractivity contribution in [1.29, 1.82) is 0 Å². The van der Waals surface area contributed by atoms with E-state index in [-0.39, 0.29) is 5.97 Å². The minimum atomic E-state index is -0.532. The predicted molar refractivity (Wildman–Crippen MR) is 73.9 cm³/mol. The van der Waals surface area contributed by atoms with Gasteiger partial charge < -0.3 is 9.72 Å². The van der Waals surface area contributed by atoms with Crippen molar-refractivity contribution < 1.29 is 9.53 Å². The van der Waals surface area contributed by atoms with E-state index in [1.807, 2.05) is 45.9 Å². The van der Waals surface area contributed by atoms with Gasteiger partial charge in [-0.3, -0.25) is 4.79 Å². The lowest BCUT2D eigenvalue weighted by atomic mass is 9.97. The van der Waals surface area contributed by atoms with Gasteiger partial charge in [-0.15, -0.1) is 0 Å². The van der Waals surface area contributed by atoms with Crippen LogP contribution in [0, 0.1) is 12.3 Å². The average Bonchev–Trinajstić information content (AvgIpc) is 2.83. The van der Waals surface area contributed by atoms with Crippen LogP contribution in [0.2, 0.25) is 0 Å². The van der Waals surface area contributed by atoms with Crippen molar-refractivity contribution in [3.63, 3.8) is 0 Å². The van der Waals surface area contributed by atoms with Crippen LogP contribution < -0.4 is 4.74 Å². The molecule has 0 aliphatic heterocycles. The molecule has 0 atom stereocenters. The van der Waals surface area contributed by atoms with E-state index in [4.69, 9.17) is 4.74 Å². The van der Waals surface area contributed by atoms with Crippen molar-refractivity contribution in [3.05, 3.63) is 36.3 Å². The van der Waals surface area contributed by atoms with Crippen LogP contribution >= 0.6 is 0 Å². The summed E-state index contributed by atoms with van der Waals surface area (Å²) in [5, 5.41) is 0. The molecular formula is C15H18N2O2. The Morgan fingerprint density at radius 1 is 1.32 bits per heavy atom. The number of rotatable bonds is 2. The molecule has 0 unspecified atom stereocenters. The van der Waals surface area contributed by atoms with E-state index in [2.05, 4.69) is 9.97 Å². The maximum absolute atomic E-state index is 12.0. The Morgan fingerprint density at radius 3 is 2.63 bits per heavy atom. The standard InChI is InChI=1S/C15H18N2O2/c1-10-5-6-13(19-14(18)15(2,3)4)11(7-10)12-8-16-9-17-12/h5-9H,1-4H3,(H,16,17). The summed E-state index contributed by atoms with van der Waals surface area (Å²) in [5.41, 5.74) is 2.24. The zero-order valence-electron chi connectivity index (χ0n) is 11.7. The van der Waals surface area contributed by atoms with Gasteiger partial charge in [-0.2, -0.15) is 0 Å². The Kier molecular flexibility index (Phi) is 3.42. The number of carbonyl (C=O) groups is 1. The van der Waals surface area contributed by atoms with E-state index in [1.54, 1.807) is 12.5 Å². The fraction of sp³-hybridized carbons (Fsp3) is 0.333. The molecule has 19 heavy (non-hydrogen) atoms. The summed E-state index contributed by atoms with van der Waals surface area (Å²) in [4.78, 5) is 19.0. The number of hydrogen-bond donors (Lipinski definition) is 1. The highest BCUT2D eigenvalue weighted by Crippen LogP contribution is 2.31. The number of carbonyl (C=O) groups excluding carboxylic acids is 1. The van der Waals surface area contributed by atoms with Gasteiger partial charge in [-0.05, 0) is 39.8 Å². The number of nitrogens with one attached hydrogen (secondary N) is 1. The molecule has 2 aromatic rings. The van der Waals surface area contributed by atoms with Crippen LogP contribution in [0.4, 0.5) is 0 Å². The molecule has 1 N–H and O–H groups in total. The van der Waals surface area contributed by atoms with Crippen molar-refractivity contribution in [2.75, 3.05) is 0 Å². The van der Waals surface area contributed by atoms with Crippen molar-refractivity contribution in [3.8, 4) is 17.0 Å². The van der Waals surface area contributed by atoms with Gasteiger partial charge in [-0.1, -0.05) is 11.6 Å². The highest BCUT2D eigenvalue weighted by Gasteiger charge is 2.24. The molecule has 0 amide bonds. The second kappa shape index (κ2) is 4.88. The van der Waals surface area contributed by atoms with Gasteiger partial charge in [0.25, 0.3) is 0 Å². The smallest absolute Gasteiger partial charge is 0.316 e. The van der Waals surface area contributed by atoms with Crippen molar-refractivity contribution in [2.45, 2.75) is 27.7 Å². The first-order valence-corrected chi connectivity index (χ1v) is 6.19. The van der Waals surface area contributed by atoms with E-state index >= 15 is 0 Å². The molecule has 0 aliphatic carbocycles. The molecule has 0 radical (unpaired) electrons. The number of ether oxygens (including phenoxy) is 1. The maximum Gasteiger partial charge on any atom is 0.316 e. The minimum absolute atomic E-state index is 0.253. The van der Waals surface area contributed by atoms with Gasteiger partial charge in [0.2, 0.25) is 0 Å². The maximum atomic E-state index is 12.0. The molecule has 100 valence electrons. The van der Waals surface area contributed by atoms with Crippen molar-refractivity contribution in [1.82, 2.24) is 9.97 Å². The number of H-pyrrole nitrogens is 1. The van der Waals surface area contributed by atoms with Crippen LogP contribution in [0.25, 0.3) is 11.3 Å². The molecule has 1 aromatic carbocycles. The monoisotopic (exact) mass is 258 g/mol. The number of aryl methyl sites for hydroxylation is 1. The van der Waals surface area contributed by atoms with Gasteiger partial charge in [0.1, 0.15) is 5.75 Å². The highest BCUT2D eigenvalue weighted by atomic mass is 16.5. The Morgan fingerprint density at radius 2 is 2.05 bits per heavy atom. The van der Waals surface area contributed by atoms with Gasteiger partial charge in [0, 0.05) is 5.56 Å². The molecule has 1 heterocycles. The average molecular weight is 258 g/mol. The van der Waals surface area contributed by atoms with Crippen LogP contribution in [-0.2, 0) is 4.79 Å². The van der Waals surface area contributed by atoms with Gasteiger partial charge in [-0.25, -0.2) is 4.98 Å². The second-order valence-electron chi connectivity index (χ2n) is 5.60. The lowest BCUT2D eigenvalue weighted by Gasteiger charge is -2.18. The number of imidazole rings is 1. The SMILES string of the molecule is Cc1ccc(OC(=O)C(C)(C)C)c(-c2cnc[nH]2)c1. The summed E-state index contributed by atoms with van der Waals surface area (Å²) >= 11 is 0. The molecular weight excluding hydrogens is 240 g/mol. The summed E-state index contributed by atoms with van der Waals surface area (Å²) in [7, 11) is 0. The summed E-state index contributed by atoms with van der Waals surface area (Å²) in [6.07, 6.45) is 3.32. The van der Waals surface area contributed by atoms with Crippen LogP contribution in [0.15, 0.2) is 30.7 Å². The molecule has 0 fully saturated rings. The number of nitrogens with zero attached hydrogens (tertiary/aromatic N) is 1. The van der Waals surface area contributed by atoms with E-state index in [9.17, 15) is 4.79 Å². The number of hydrogen-bond acceptors (Lipinski definition) is 3. The van der Waals surface area contributed by atoms with E-state index in [1.165, 1.54) is 0 Å². The lowest BCUT2D eigenvalue weighted by Crippen LogP contribution is -2.25. The molecule has 0 saturated carbocycles. The third kappa shape index (κ3) is 3.02. The van der Waals surface area contributed by atoms with E-state index in [0.717, 1.165) is 16.8 Å². The van der Waals surface area contributed by atoms with Gasteiger partial charge >= 0.3 is 5.97 Å². The Hall–Kier alpha value is -2.10. The first-order valence-electron chi connectivity index (χ1n) is 6.19.